The molecule has 4 rings (SSSR count). The number of nitrogens with one attached hydrogen (secondary N) is 2. The van der Waals surface area contributed by atoms with Crippen molar-refractivity contribution in [1.29, 1.82) is 0 Å². The molecule has 1 atom stereocenters. The molecule has 0 aliphatic carbocycles. The lowest BCUT2D eigenvalue weighted by Crippen LogP contribution is -2.46. The Kier molecular flexibility index (Phi) is 7.89. The van der Waals surface area contributed by atoms with Crippen molar-refractivity contribution in [3.63, 3.8) is 0 Å². The van der Waals surface area contributed by atoms with Crippen molar-refractivity contribution < 1.29 is 14.4 Å². The van der Waals surface area contributed by atoms with Gasteiger partial charge in [-0.15, -0.1) is 10.2 Å². The molecule has 1 aromatic heterocycles. The van der Waals surface area contributed by atoms with Crippen molar-refractivity contribution in [2.75, 3.05) is 44.6 Å². The van der Waals surface area contributed by atoms with E-state index in [0.29, 0.717) is 30.3 Å². The third kappa shape index (κ3) is 6.27. The van der Waals surface area contributed by atoms with Gasteiger partial charge >= 0.3 is 0 Å². The summed E-state index contributed by atoms with van der Waals surface area (Å²) in [5.41, 5.74) is 0.571. The number of amides is 3. The van der Waals surface area contributed by atoms with E-state index in [1.807, 2.05) is 0 Å². The van der Waals surface area contributed by atoms with Crippen molar-refractivity contribution in [2.45, 2.75) is 25.7 Å². The Balaban J connectivity index is 1.29. The Morgan fingerprint density at radius 3 is 2.52 bits per heavy atom. The van der Waals surface area contributed by atoms with E-state index in [9.17, 15) is 14.4 Å². The number of anilines is 1. The van der Waals surface area contributed by atoms with Crippen LogP contribution in [0, 0.1) is 5.92 Å². The monoisotopic (exact) mass is 490 g/mol. The molecule has 11 heteroatoms. The number of hydrogen-bond donors (Lipinski definition) is 2. The second-order valence-corrected chi connectivity index (χ2v) is 9.72. The minimum atomic E-state index is -0.442. The molecule has 2 aliphatic rings. The number of hydrogen-bond acceptors (Lipinski definition) is 7. The van der Waals surface area contributed by atoms with Crippen LogP contribution in [0.2, 0.25) is 5.02 Å². The first-order valence-electron chi connectivity index (χ1n) is 11.2. The second-order valence-electron chi connectivity index (χ2n) is 8.30. The van der Waals surface area contributed by atoms with Crippen LogP contribution in [0.5, 0.6) is 0 Å². The molecule has 2 saturated heterocycles. The Labute approximate surface area is 201 Å². The van der Waals surface area contributed by atoms with Crippen LogP contribution < -0.4 is 10.6 Å². The first-order chi connectivity index (χ1) is 16.0. The van der Waals surface area contributed by atoms with Crippen LogP contribution >= 0.6 is 22.9 Å². The van der Waals surface area contributed by atoms with E-state index in [1.54, 1.807) is 29.2 Å². The predicted octanol–water partition coefficient (Wildman–Crippen LogP) is 2.51. The maximum absolute atomic E-state index is 12.9. The normalized spacial score (nSPS) is 18.8. The molecule has 0 radical (unpaired) electrons. The van der Waals surface area contributed by atoms with E-state index in [4.69, 9.17) is 11.6 Å². The fourth-order valence-electron chi connectivity index (χ4n) is 4.12. The van der Waals surface area contributed by atoms with Crippen molar-refractivity contribution >= 4 is 46.3 Å². The molecule has 2 fully saturated rings. The standard InChI is InChI=1S/C22H27ClN6O3S/c23-16-5-7-17(8-6-16)25-19(31)20-26-27-21(33-20)22(32)29-12-3-4-15(14-29)18(30)24-9-13-28-10-1-2-11-28/h5-8,15H,1-4,9-14H2,(H,24,30)(H,25,31). The van der Waals surface area contributed by atoms with E-state index >= 15 is 0 Å². The summed E-state index contributed by atoms with van der Waals surface area (Å²) in [6.07, 6.45) is 3.95. The summed E-state index contributed by atoms with van der Waals surface area (Å²) in [5, 5.41) is 14.3. The molecule has 2 N–H and O–H groups in total. The molecule has 0 bridgehead atoms. The van der Waals surface area contributed by atoms with Gasteiger partial charge in [-0.1, -0.05) is 22.9 Å². The number of aromatic nitrogens is 2. The first-order valence-corrected chi connectivity index (χ1v) is 12.4. The summed E-state index contributed by atoms with van der Waals surface area (Å²) in [5.74, 6) is -0.982. The van der Waals surface area contributed by atoms with Gasteiger partial charge in [-0.25, -0.2) is 0 Å². The van der Waals surface area contributed by atoms with E-state index < -0.39 is 5.91 Å². The van der Waals surface area contributed by atoms with Crippen LogP contribution in [0.25, 0.3) is 0 Å². The Morgan fingerprint density at radius 1 is 1.03 bits per heavy atom. The van der Waals surface area contributed by atoms with Gasteiger partial charge in [-0.2, -0.15) is 0 Å². The fraction of sp³-hybridized carbons (Fsp3) is 0.500. The van der Waals surface area contributed by atoms with Gasteiger partial charge < -0.3 is 20.4 Å². The highest BCUT2D eigenvalue weighted by Gasteiger charge is 2.31. The van der Waals surface area contributed by atoms with Crippen LogP contribution in [0.4, 0.5) is 5.69 Å². The van der Waals surface area contributed by atoms with Gasteiger partial charge in [0.15, 0.2) is 0 Å². The van der Waals surface area contributed by atoms with E-state index in [-0.39, 0.29) is 27.7 Å². The van der Waals surface area contributed by atoms with Crippen LogP contribution in [0.3, 0.4) is 0 Å². The van der Waals surface area contributed by atoms with Gasteiger partial charge in [0.1, 0.15) is 0 Å². The number of nitrogens with zero attached hydrogens (tertiary/aromatic N) is 4. The summed E-state index contributed by atoms with van der Waals surface area (Å²) in [6.45, 7) is 4.60. The molecule has 2 aromatic rings. The lowest BCUT2D eigenvalue weighted by molar-refractivity contribution is -0.126. The molecular weight excluding hydrogens is 464 g/mol. The van der Waals surface area contributed by atoms with E-state index in [1.165, 1.54) is 12.8 Å². The molecular formula is C22H27ClN6O3S. The fourth-order valence-corrected chi connectivity index (χ4v) is 4.95. The number of carbonyl (C=O) groups excluding carboxylic acids is 3. The number of halogens is 1. The van der Waals surface area contributed by atoms with Crippen molar-refractivity contribution in [3.8, 4) is 0 Å². The highest BCUT2D eigenvalue weighted by molar-refractivity contribution is 7.15. The molecule has 9 nitrogen and oxygen atoms in total. The quantitative estimate of drug-likeness (QED) is 0.617. The number of benzene rings is 1. The number of rotatable bonds is 7. The van der Waals surface area contributed by atoms with Gasteiger partial charge in [0.25, 0.3) is 11.8 Å². The minimum Gasteiger partial charge on any atom is -0.355 e. The average molecular weight is 491 g/mol. The third-order valence-corrected chi connectivity index (χ3v) is 7.07. The number of likely N-dealkylation sites (tertiary alicyclic amines) is 2. The highest BCUT2D eigenvalue weighted by atomic mass is 35.5. The van der Waals surface area contributed by atoms with Gasteiger partial charge in [0.05, 0.1) is 5.92 Å². The predicted molar refractivity (Wildman–Crippen MR) is 127 cm³/mol. The molecule has 0 spiro atoms. The largest absolute Gasteiger partial charge is 0.355 e. The smallest absolute Gasteiger partial charge is 0.286 e. The zero-order valence-electron chi connectivity index (χ0n) is 18.3. The van der Waals surface area contributed by atoms with Crippen LogP contribution in [-0.2, 0) is 4.79 Å². The molecule has 1 aromatic carbocycles. The SMILES string of the molecule is O=C(Nc1ccc(Cl)cc1)c1nnc(C(=O)N2CCCC(C(=O)NCCN3CCCC3)C2)s1. The zero-order chi connectivity index (χ0) is 23.2. The maximum atomic E-state index is 12.9. The minimum absolute atomic E-state index is 0.00741. The summed E-state index contributed by atoms with van der Waals surface area (Å²) < 4.78 is 0. The van der Waals surface area contributed by atoms with Gasteiger partial charge in [0, 0.05) is 36.9 Å². The van der Waals surface area contributed by atoms with E-state index in [0.717, 1.165) is 43.8 Å². The summed E-state index contributed by atoms with van der Waals surface area (Å²) in [4.78, 5) is 42.0. The summed E-state index contributed by atoms with van der Waals surface area (Å²) >= 11 is 6.80. The molecule has 3 heterocycles. The number of carbonyl (C=O) groups is 3. The molecule has 33 heavy (non-hydrogen) atoms. The summed E-state index contributed by atoms with van der Waals surface area (Å²) in [7, 11) is 0. The average Bonchev–Trinajstić information content (AvgIpc) is 3.53. The first kappa shape index (κ1) is 23.6. The second kappa shape index (κ2) is 11.0. The molecule has 2 aliphatic heterocycles. The maximum Gasteiger partial charge on any atom is 0.286 e. The van der Waals surface area contributed by atoms with Crippen LogP contribution in [0.15, 0.2) is 24.3 Å². The molecule has 3 amide bonds. The third-order valence-electron chi connectivity index (χ3n) is 5.91. The van der Waals surface area contributed by atoms with Gasteiger partial charge in [-0.3, -0.25) is 14.4 Å². The highest BCUT2D eigenvalue weighted by Crippen LogP contribution is 2.21. The van der Waals surface area contributed by atoms with Crippen LogP contribution in [0.1, 0.15) is 45.3 Å². The lowest BCUT2D eigenvalue weighted by atomic mass is 9.97. The zero-order valence-corrected chi connectivity index (χ0v) is 19.8. The van der Waals surface area contributed by atoms with Crippen molar-refractivity contribution in [1.82, 2.24) is 25.3 Å². The Morgan fingerprint density at radius 2 is 1.76 bits per heavy atom. The lowest BCUT2D eigenvalue weighted by Gasteiger charge is -2.31. The number of piperidine rings is 1. The topological polar surface area (TPSA) is 108 Å². The summed E-state index contributed by atoms with van der Waals surface area (Å²) in [6, 6.07) is 6.69. The van der Waals surface area contributed by atoms with Crippen LogP contribution in [-0.4, -0.2) is 77.0 Å². The van der Waals surface area contributed by atoms with Gasteiger partial charge in [0.2, 0.25) is 15.9 Å². The molecule has 0 saturated carbocycles. The van der Waals surface area contributed by atoms with Crippen molar-refractivity contribution in [2.24, 2.45) is 5.92 Å². The molecule has 1 unspecified atom stereocenters. The van der Waals surface area contributed by atoms with Gasteiger partial charge in [-0.05, 0) is 63.0 Å². The Hall–Kier alpha value is -2.56. The molecule has 176 valence electrons. The van der Waals surface area contributed by atoms with E-state index in [2.05, 4.69) is 25.7 Å². The Bertz CT molecular complexity index is 992. The van der Waals surface area contributed by atoms with Crippen molar-refractivity contribution in [3.05, 3.63) is 39.3 Å².